The molecule has 7 heteroatoms. The first-order chi connectivity index (χ1) is 16.7. The maximum Gasteiger partial charge on any atom is 0.207 e. The molecule has 34 heavy (non-hydrogen) atoms. The van der Waals surface area contributed by atoms with E-state index in [0.717, 1.165) is 28.6 Å². The monoisotopic (exact) mass is 451 g/mol. The van der Waals surface area contributed by atoms with Gasteiger partial charge in [-0.3, -0.25) is 4.98 Å². The van der Waals surface area contributed by atoms with E-state index in [2.05, 4.69) is 31.5 Å². The average Bonchev–Trinajstić information content (AvgIpc) is 2.88. The van der Waals surface area contributed by atoms with E-state index in [1.165, 1.54) is 19.4 Å². The summed E-state index contributed by atoms with van der Waals surface area (Å²) >= 11 is 0. The molecule has 2 aromatic heterocycles. The van der Waals surface area contributed by atoms with Gasteiger partial charge < -0.3 is 20.1 Å². The Balaban J connectivity index is 0.000000343. The third-order valence-electron chi connectivity index (χ3n) is 6.08. The van der Waals surface area contributed by atoms with Crippen LogP contribution < -0.4 is 20.1 Å². The highest BCUT2D eigenvalue weighted by Crippen LogP contribution is 2.35. The van der Waals surface area contributed by atoms with E-state index in [0.29, 0.717) is 28.9 Å². The molecule has 2 aliphatic rings. The summed E-state index contributed by atoms with van der Waals surface area (Å²) in [5.74, 6) is 6.33. The zero-order valence-corrected chi connectivity index (χ0v) is 18.9. The summed E-state index contributed by atoms with van der Waals surface area (Å²) in [7, 11) is 1.59. The Morgan fingerprint density at radius 2 is 1.94 bits per heavy atom. The SMILES string of the molecule is C#Cc1nc(Nc2ccc(Oc3cccnc3)c(OC)c2)c2ccccc2n1.C1CC2NCC12. The zero-order valence-electron chi connectivity index (χ0n) is 18.9. The number of pyridine rings is 1. The number of anilines is 2. The lowest BCUT2D eigenvalue weighted by Crippen LogP contribution is -2.59. The van der Waals surface area contributed by atoms with E-state index in [1.54, 1.807) is 25.6 Å². The predicted octanol–water partition coefficient (Wildman–Crippen LogP) is 4.92. The van der Waals surface area contributed by atoms with Crippen molar-refractivity contribution in [1.29, 1.82) is 0 Å². The Morgan fingerprint density at radius 1 is 1.06 bits per heavy atom. The van der Waals surface area contributed by atoms with E-state index in [-0.39, 0.29) is 0 Å². The highest BCUT2D eigenvalue weighted by molar-refractivity contribution is 5.91. The number of aromatic nitrogens is 3. The third-order valence-corrected chi connectivity index (χ3v) is 6.08. The first-order valence-corrected chi connectivity index (χ1v) is 11.2. The molecule has 3 heterocycles. The van der Waals surface area contributed by atoms with Crippen LogP contribution in [-0.2, 0) is 0 Å². The Morgan fingerprint density at radius 3 is 2.59 bits per heavy atom. The molecule has 6 rings (SSSR count). The van der Waals surface area contributed by atoms with Crippen LogP contribution in [0.15, 0.2) is 67.0 Å². The van der Waals surface area contributed by atoms with Crippen molar-refractivity contribution in [3.63, 3.8) is 0 Å². The van der Waals surface area contributed by atoms with Gasteiger partial charge in [0.25, 0.3) is 0 Å². The highest BCUT2D eigenvalue weighted by atomic mass is 16.5. The maximum atomic E-state index is 5.84. The minimum absolute atomic E-state index is 0.324. The molecule has 2 N–H and O–H groups in total. The molecule has 2 fully saturated rings. The summed E-state index contributed by atoms with van der Waals surface area (Å²) in [5, 5.41) is 7.51. The maximum absolute atomic E-state index is 5.84. The van der Waals surface area contributed by atoms with Gasteiger partial charge in [-0.25, -0.2) is 9.97 Å². The summed E-state index contributed by atoms with van der Waals surface area (Å²) in [6.45, 7) is 1.31. The number of rotatable bonds is 5. The van der Waals surface area contributed by atoms with Crippen molar-refractivity contribution < 1.29 is 9.47 Å². The first-order valence-electron chi connectivity index (χ1n) is 11.2. The van der Waals surface area contributed by atoms with Crippen LogP contribution >= 0.6 is 0 Å². The molecule has 2 atom stereocenters. The van der Waals surface area contributed by atoms with Gasteiger partial charge in [-0.2, -0.15) is 0 Å². The fourth-order valence-corrected chi connectivity index (χ4v) is 3.96. The minimum Gasteiger partial charge on any atom is -0.493 e. The van der Waals surface area contributed by atoms with Crippen LogP contribution in [-0.4, -0.2) is 34.6 Å². The molecule has 2 aromatic carbocycles. The van der Waals surface area contributed by atoms with Crippen molar-refractivity contribution in [2.45, 2.75) is 18.9 Å². The molecular formula is C27H25N5O2. The topological polar surface area (TPSA) is 81.2 Å². The van der Waals surface area contributed by atoms with E-state index >= 15 is 0 Å². The number of terminal acetylenes is 1. The number of hydrogen-bond acceptors (Lipinski definition) is 7. The number of hydrogen-bond donors (Lipinski definition) is 2. The van der Waals surface area contributed by atoms with E-state index < -0.39 is 0 Å². The molecule has 0 amide bonds. The minimum atomic E-state index is 0.324. The van der Waals surface area contributed by atoms with Gasteiger partial charge in [-0.15, -0.1) is 6.42 Å². The summed E-state index contributed by atoms with van der Waals surface area (Å²) in [6, 6.07) is 17.8. The van der Waals surface area contributed by atoms with Crippen LogP contribution in [0.25, 0.3) is 10.9 Å². The van der Waals surface area contributed by atoms with Crippen LogP contribution in [0, 0.1) is 18.3 Å². The highest BCUT2D eigenvalue weighted by Gasteiger charge is 2.37. The van der Waals surface area contributed by atoms with E-state index in [9.17, 15) is 0 Å². The van der Waals surface area contributed by atoms with Crippen LogP contribution in [0.3, 0.4) is 0 Å². The zero-order chi connectivity index (χ0) is 23.3. The third kappa shape index (κ3) is 4.63. The molecular weight excluding hydrogens is 426 g/mol. The van der Waals surface area contributed by atoms with Crippen molar-refractivity contribution in [2.75, 3.05) is 19.0 Å². The summed E-state index contributed by atoms with van der Waals surface area (Å²) in [5.41, 5.74) is 1.55. The second-order valence-corrected chi connectivity index (χ2v) is 8.19. The molecule has 1 saturated carbocycles. The molecule has 4 aromatic rings. The number of piperidine rings is 1. The Labute approximate surface area is 198 Å². The van der Waals surface area contributed by atoms with Crippen molar-refractivity contribution in [3.05, 3.63) is 72.8 Å². The number of fused-ring (bicyclic) bond motifs is 2. The second-order valence-electron chi connectivity index (χ2n) is 8.19. The van der Waals surface area contributed by atoms with Crippen LogP contribution in [0.1, 0.15) is 18.7 Å². The number of ether oxygens (including phenoxy) is 2. The number of benzene rings is 2. The fraction of sp³-hybridized carbons (Fsp3) is 0.222. The van der Waals surface area contributed by atoms with Gasteiger partial charge in [-0.1, -0.05) is 12.1 Å². The van der Waals surface area contributed by atoms with Crippen molar-refractivity contribution in [3.8, 4) is 29.6 Å². The standard InChI is InChI=1S/C22H16N4O2.C5H9N/c1-3-21-25-18-9-5-4-8-17(18)22(26-21)24-15-10-11-19(20(13-15)27-2)28-16-7-6-12-23-14-16;1-2-5-4(1)3-6-5/h1,4-14H,2H3,(H,24,25,26);4-6H,1-3H2. The molecule has 7 nitrogen and oxygen atoms in total. The van der Waals surface area contributed by atoms with Gasteiger partial charge in [0.2, 0.25) is 5.82 Å². The second kappa shape index (κ2) is 9.77. The van der Waals surface area contributed by atoms with Crippen LogP contribution in [0.4, 0.5) is 11.5 Å². The molecule has 2 unspecified atom stereocenters. The van der Waals surface area contributed by atoms with Crippen LogP contribution in [0.2, 0.25) is 0 Å². The molecule has 0 spiro atoms. The number of nitrogens with zero attached hydrogens (tertiary/aromatic N) is 3. The van der Waals surface area contributed by atoms with Crippen molar-refractivity contribution in [2.24, 2.45) is 5.92 Å². The van der Waals surface area contributed by atoms with Gasteiger partial charge in [0.05, 0.1) is 18.8 Å². The van der Waals surface area contributed by atoms with Gasteiger partial charge in [0.15, 0.2) is 11.5 Å². The van der Waals surface area contributed by atoms with Gasteiger partial charge in [0, 0.05) is 29.4 Å². The molecule has 0 radical (unpaired) electrons. The lowest BCUT2D eigenvalue weighted by molar-refractivity contribution is 0.111. The number of methoxy groups -OCH3 is 1. The van der Waals surface area contributed by atoms with Crippen molar-refractivity contribution >= 4 is 22.4 Å². The van der Waals surface area contributed by atoms with Gasteiger partial charge >= 0.3 is 0 Å². The number of nitrogens with one attached hydrogen (secondary N) is 2. The first kappa shape index (κ1) is 21.7. The summed E-state index contributed by atoms with van der Waals surface area (Å²) in [4.78, 5) is 12.8. The molecule has 1 aliphatic heterocycles. The Kier molecular flexibility index (Phi) is 6.23. The quantitative estimate of drug-likeness (QED) is 0.417. The lowest BCUT2D eigenvalue weighted by Gasteiger charge is -2.47. The van der Waals surface area contributed by atoms with E-state index in [1.807, 2.05) is 48.5 Å². The Bertz CT molecular complexity index is 1320. The largest absolute Gasteiger partial charge is 0.493 e. The average molecular weight is 452 g/mol. The van der Waals surface area contributed by atoms with E-state index in [4.69, 9.17) is 15.9 Å². The number of para-hydroxylation sites is 1. The Hall–Kier alpha value is -4.15. The summed E-state index contributed by atoms with van der Waals surface area (Å²) in [6.07, 6.45) is 11.8. The van der Waals surface area contributed by atoms with Crippen molar-refractivity contribution in [1.82, 2.24) is 20.3 Å². The molecule has 170 valence electrons. The smallest absolute Gasteiger partial charge is 0.207 e. The molecule has 1 saturated heterocycles. The van der Waals surface area contributed by atoms with Crippen LogP contribution in [0.5, 0.6) is 17.2 Å². The molecule has 0 bridgehead atoms. The van der Waals surface area contributed by atoms with Gasteiger partial charge in [-0.05, 0) is 67.6 Å². The predicted molar refractivity (Wildman–Crippen MR) is 133 cm³/mol. The molecule has 1 aliphatic carbocycles. The fourth-order valence-electron chi connectivity index (χ4n) is 3.96. The summed E-state index contributed by atoms with van der Waals surface area (Å²) < 4.78 is 11.3. The lowest BCUT2D eigenvalue weighted by atomic mass is 9.74. The normalized spacial score (nSPS) is 17.6. The van der Waals surface area contributed by atoms with Gasteiger partial charge in [0.1, 0.15) is 11.6 Å².